The Morgan fingerprint density at radius 2 is 1.73 bits per heavy atom. The van der Waals surface area contributed by atoms with E-state index in [1.54, 1.807) is 24.3 Å². The van der Waals surface area contributed by atoms with Crippen molar-refractivity contribution in [3.8, 4) is 0 Å². The lowest BCUT2D eigenvalue weighted by atomic mass is 10.1. The molecule has 4 rings (SSSR count). The second-order valence-electron chi connectivity index (χ2n) is 6.99. The van der Waals surface area contributed by atoms with E-state index in [-0.39, 0.29) is 17.6 Å². The number of rotatable bonds is 4. The fourth-order valence-corrected chi connectivity index (χ4v) is 5.22. The summed E-state index contributed by atoms with van der Waals surface area (Å²) in [6.45, 7) is 0.523. The minimum atomic E-state index is -3.21. The van der Waals surface area contributed by atoms with Gasteiger partial charge in [0.1, 0.15) is 0 Å². The Morgan fingerprint density at radius 3 is 2.42 bits per heavy atom. The first-order valence-electron chi connectivity index (χ1n) is 9.01. The number of anilines is 2. The highest BCUT2D eigenvalue weighted by Gasteiger charge is 2.43. The Labute approximate surface area is 154 Å². The Kier molecular flexibility index (Phi) is 4.44. The lowest BCUT2D eigenvalue weighted by Gasteiger charge is -2.28. The summed E-state index contributed by atoms with van der Waals surface area (Å²) in [5, 5.41) is 2.95. The third kappa shape index (κ3) is 3.46. The molecule has 136 valence electrons. The van der Waals surface area contributed by atoms with Crippen LogP contribution in [0.2, 0.25) is 0 Å². The van der Waals surface area contributed by atoms with Crippen LogP contribution in [0.15, 0.2) is 54.6 Å². The third-order valence-electron chi connectivity index (χ3n) is 5.13. The monoisotopic (exact) mass is 370 g/mol. The van der Waals surface area contributed by atoms with Crippen LogP contribution < -0.4 is 9.62 Å². The molecule has 1 aliphatic carbocycles. The van der Waals surface area contributed by atoms with Gasteiger partial charge in [-0.05, 0) is 55.0 Å². The number of benzene rings is 2. The summed E-state index contributed by atoms with van der Waals surface area (Å²) >= 11 is 0. The maximum atomic E-state index is 12.4. The van der Waals surface area contributed by atoms with E-state index in [0.717, 1.165) is 19.3 Å². The van der Waals surface area contributed by atoms with Gasteiger partial charge in [0, 0.05) is 18.2 Å². The number of carbonyl (C=O) groups is 1. The fourth-order valence-electron chi connectivity index (χ4n) is 3.58. The van der Waals surface area contributed by atoms with Gasteiger partial charge in [0.05, 0.1) is 11.4 Å². The first-order chi connectivity index (χ1) is 12.5. The van der Waals surface area contributed by atoms with Crippen molar-refractivity contribution in [1.29, 1.82) is 0 Å². The number of nitrogens with zero attached hydrogens (tertiary/aromatic N) is 1. The minimum Gasteiger partial charge on any atom is -0.326 e. The van der Waals surface area contributed by atoms with Crippen LogP contribution in [0.4, 0.5) is 11.4 Å². The number of nitrogens with one attached hydrogen (secondary N) is 1. The Bertz CT molecular complexity index is 894. The third-order valence-corrected chi connectivity index (χ3v) is 7.00. The van der Waals surface area contributed by atoms with Gasteiger partial charge < -0.3 is 5.32 Å². The van der Waals surface area contributed by atoms with Crippen molar-refractivity contribution in [2.24, 2.45) is 5.92 Å². The molecule has 1 N–H and O–H groups in total. The molecule has 0 bridgehead atoms. The maximum Gasteiger partial charge on any atom is 0.235 e. The molecule has 0 aromatic heterocycles. The van der Waals surface area contributed by atoms with E-state index in [1.807, 2.05) is 18.2 Å². The van der Waals surface area contributed by atoms with E-state index < -0.39 is 10.0 Å². The molecule has 0 spiro atoms. The van der Waals surface area contributed by atoms with Crippen molar-refractivity contribution in [3.05, 3.63) is 60.2 Å². The highest BCUT2D eigenvalue weighted by Crippen LogP contribution is 2.47. The first kappa shape index (κ1) is 17.1. The minimum absolute atomic E-state index is 0.0135. The van der Waals surface area contributed by atoms with Crippen molar-refractivity contribution in [2.75, 3.05) is 21.9 Å². The molecule has 1 saturated carbocycles. The summed E-state index contributed by atoms with van der Waals surface area (Å²) in [6.07, 6.45) is 2.47. The average molecular weight is 370 g/mol. The van der Waals surface area contributed by atoms with Crippen LogP contribution in [-0.2, 0) is 14.8 Å². The number of sulfonamides is 1. The topological polar surface area (TPSA) is 66.5 Å². The number of hydrogen-bond donors (Lipinski definition) is 1. The molecule has 2 aromatic carbocycles. The van der Waals surface area contributed by atoms with Crippen molar-refractivity contribution >= 4 is 27.3 Å². The van der Waals surface area contributed by atoms with Gasteiger partial charge in [-0.15, -0.1) is 0 Å². The quantitative estimate of drug-likeness (QED) is 0.897. The summed E-state index contributed by atoms with van der Waals surface area (Å²) in [5.41, 5.74) is 2.57. The molecule has 1 saturated heterocycles. The summed E-state index contributed by atoms with van der Waals surface area (Å²) in [6, 6.07) is 17.2. The van der Waals surface area contributed by atoms with E-state index in [4.69, 9.17) is 0 Å². The van der Waals surface area contributed by atoms with Gasteiger partial charge in [0.2, 0.25) is 15.9 Å². The lowest BCUT2D eigenvalue weighted by molar-refractivity contribution is -0.117. The van der Waals surface area contributed by atoms with Gasteiger partial charge in [-0.3, -0.25) is 9.10 Å². The van der Waals surface area contributed by atoms with Crippen LogP contribution in [0, 0.1) is 5.92 Å². The number of amides is 1. The molecule has 0 radical (unpaired) electrons. The number of carbonyl (C=O) groups excluding carboxylic acids is 1. The van der Waals surface area contributed by atoms with Gasteiger partial charge in [-0.25, -0.2) is 8.42 Å². The predicted octanol–water partition coefficient (Wildman–Crippen LogP) is 3.36. The smallest absolute Gasteiger partial charge is 0.235 e. The van der Waals surface area contributed by atoms with Crippen molar-refractivity contribution < 1.29 is 13.2 Å². The van der Waals surface area contributed by atoms with Crippen LogP contribution in [0.5, 0.6) is 0 Å². The lowest BCUT2D eigenvalue weighted by Crippen LogP contribution is -2.37. The molecule has 5 nitrogen and oxygen atoms in total. The second kappa shape index (κ2) is 6.76. The Hall–Kier alpha value is -2.34. The van der Waals surface area contributed by atoms with Crippen LogP contribution in [-0.4, -0.2) is 26.6 Å². The molecule has 1 aliphatic heterocycles. The normalized spacial score (nSPS) is 24.1. The van der Waals surface area contributed by atoms with E-state index in [0.29, 0.717) is 23.8 Å². The SMILES string of the molecule is O=C(Nc1ccc(N2CCCCS2(=O)=O)cc1)C1CC1c1ccccc1. The Balaban J connectivity index is 1.40. The van der Waals surface area contributed by atoms with Crippen LogP contribution in [0.25, 0.3) is 0 Å². The van der Waals surface area contributed by atoms with Crippen LogP contribution >= 0.6 is 0 Å². The molecule has 26 heavy (non-hydrogen) atoms. The van der Waals surface area contributed by atoms with Gasteiger partial charge in [-0.2, -0.15) is 0 Å². The molecule has 2 fully saturated rings. The maximum absolute atomic E-state index is 12.4. The summed E-state index contributed by atoms with van der Waals surface area (Å²) in [5.74, 6) is 0.541. The van der Waals surface area contributed by atoms with Crippen molar-refractivity contribution in [2.45, 2.75) is 25.2 Å². The molecule has 1 amide bonds. The summed E-state index contributed by atoms with van der Waals surface area (Å²) < 4.78 is 25.8. The first-order valence-corrected chi connectivity index (χ1v) is 10.6. The highest BCUT2D eigenvalue weighted by atomic mass is 32.2. The molecule has 6 heteroatoms. The predicted molar refractivity (Wildman–Crippen MR) is 103 cm³/mol. The van der Waals surface area contributed by atoms with E-state index in [1.165, 1.54) is 9.87 Å². The van der Waals surface area contributed by atoms with E-state index in [9.17, 15) is 13.2 Å². The molecule has 2 atom stereocenters. The fraction of sp³-hybridized carbons (Fsp3) is 0.350. The van der Waals surface area contributed by atoms with Crippen molar-refractivity contribution in [1.82, 2.24) is 0 Å². The largest absolute Gasteiger partial charge is 0.326 e. The Morgan fingerprint density at radius 1 is 1.00 bits per heavy atom. The van der Waals surface area contributed by atoms with E-state index in [2.05, 4.69) is 17.4 Å². The molecule has 2 aliphatic rings. The van der Waals surface area contributed by atoms with Gasteiger partial charge in [0.25, 0.3) is 0 Å². The molecule has 2 unspecified atom stereocenters. The van der Waals surface area contributed by atoms with Gasteiger partial charge in [-0.1, -0.05) is 30.3 Å². The van der Waals surface area contributed by atoms with Crippen LogP contribution in [0.1, 0.15) is 30.7 Å². The van der Waals surface area contributed by atoms with Gasteiger partial charge in [0.15, 0.2) is 0 Å². The van der Waals surface area contributed by atoms with E-state index >= 15 is 0 Å². The summed E-state index contributed by atoms with van der Waals surface area (Å²) in [4.78, 5) is 12.4. The van der Waals surface area contributed by atoms with Gasteiger partial charge >= 0.3 is 0 Å². The molecule has 2 aromatic rings. The molecule has 1 heterocycles. The molecular formula is C20H22N2O3S. The standard InChI is InChI=1S/C20H22N2O3S/c23-20(19-14-18(19)15-6-2-1-3-7-15)21-16-8-10-17(11-9-16)22-12-4-5-13-26(22,24)25/h1-3,6-11,18-19H,4-5,12-14H2,(H,21,23). The average Bonchev–Trinajstić information content (AvgIpc) is 3.44. The zero-order valence-corrected chi connectivity index (χ0v) is 15.3. The zero-order valence-electron chi connectivity index (χ0n) is 14.5. The van der Waals surface area contributed by atoms with Crippen molar-refractivity contribution in [3.63, 3.8) is 0 Å². The van der Waals surface area contributed by atoms with Crippen LogP contribution in [0.3, 0.4) is 0 Å². The highest BCUT2D eigenvalue weighted by molar-refractivity contribution is 7.92. The summed E-state index contributed by atoms with van der Waals surface area (Å²) in [7, 11) is -3.21. The number of hydrogen-bond acceptors (Lipinski definition) is 3. The zero-order chi connectivity index (χ0) is 18.1. The second-order valence-corrected chi connectivity index (χ2v) is 9.00. The molecular weight excluding hydrogens is 348 g/mol.